The van der Waals surface area contributed by atoms with E-state index >= 15 is 0 Å². The zero-order valence-corrected chi connectivity index (χ0v) is 10.5. The number of sulfonamides is 1. The van der Waals surface area contributed by atoms with Gasteiger partial charge in [0.25, 0.3) is 0 Å². The van der Waals surface area contributed by atoms with Crippen molar-refractivity contribution >= 4 is 10.0 Å². The van der Waals surface area contributed by atoms with Crippen LogP contribution in [0.1, 0.15) is 31.2 Å². The van der Waals surface area contributed by atoms with Gasteiger partial charge in [-0.25, -0.2) is 8.42 Å². The third kappa shape index (κ3) is 1.66. The van der Waals surface area contributed by atoms with Gasteiger partial charge >= 0.3 is 0 Å². The van der Waals surface area contributed by atoms with Crippen molar-refractivity contribution in [3.05, 3.63) is 11.5 Å². The van der Waals surface area contributed by atoms with E-state index in [9.17, 15) is 8.42 Å². The Kier molecular flexibility index (Phi) is 2.79. The van der Waals surface area contributed by atoms with Crippen molar-refractivity contribution in [2.24, 2.45) is 0 Å². The summed E-state index contributed by atoms with van der Waals surface area (Å²) in [6.07, 6.45) is 1.84. The molecule has 2 heterocycles. The summed E-state index contributed by atoms with van der Waals surface area (Å²) in [4.78, 5) is 0.237. The van der Waals surface area contributed by atoms with Crippen molar-refractivity contribution in [1.82, 2.24) is 9.46 Å². The Bertz CT molecular complexity index is 473. The molecule has 1 aliphatic rings. The van der Waals surface area contributed by atoms with Gasteiger partial charge in [0, 0.05) is 12.6 Å². The summed E-state index contributed by atoms with van der Waals surface area (Å²) in [6.45, 7) is 5.81. The zero-order valence-electron chi connectivity index (χ0n) is 9.73. The predicted octanol–water partition coefficient (Wildman–Crippen LogP) is 1.46. The van der Waals surface area contributed by atoms with Crippen molar-refractivity contribution in [2.75, 3.05) is 6.54 Å². The van der Waals surface area contributed by atoms with E-state index < -0.39 is 10.0 Å². The first-order valence-corrected chi connectivity index (χ1v) is 6.83. The number of hydrogen-bond donors (Lipinski definition) is 0. The maximum absolute atomic E-state index is 12.4. The van der Waals surface area contributed by atoms with Crippen LogP contribution in [0.4, 0.5) is 0 Å². The first-order chi connectivity index (χ1) is 7.44. The van der Waals surface area contributed by atoms with Gasteiger partial charge in [-0.3, -0.25) is 0 Å². The Morgan fingerprint density at radius 1 is 1.44 bits per heavy atom. The van der Waals surface area contributed by atoms with Gasteiger partial charge in [-0.2, -0.15) is 4.31 Å². The molecular weight excluding hydrogens is 228 g/mol. The standard InChI is InChI=1S/C10H16N2O3S/c1-7-5-4-6-12(7)16(13,14)10-8(2)11-15-9(10)3/h7H,4-6H2,1-3H3. The third-order valence-corrected chi connectivity index (χ3v) is 5.29. The van der Waals surface area contributed by atoms with Gasteiger partial charge in [0.1, 0.15) is 10.6 Å². The van der Waals surface area contributed by atoms with Gasteiger partial charge in [-0.15, -0.1) is 0 Å². The molecule has 0 N–H and O–H groups in total. The van der Waals surface area contributed by atoms with Crippen LogP contribution in [0, 0.1) is 13.8 Å². The molecule has 6 heteroatoms. The summed E-state index contributed by atoms with van der Waals surface area (Å²) in [5.41, 5.74) is 0.441. The van der Waals surface area contributed by atoms with Crippen molar-refractivity contribution in [3.63, 3.8) is 0 Å². The lowest BCUT2D eigenvalue weighted by Crippen LogP contribution is -2.34. The number of rotatable bonds is 2. The van der Waals surface area contributed by atoms with Crippen LogP contribution in [0.2, 0.25) is 0 Å². The van der Waals surface area contributed by atoms with E-state index in [0.717, 1.165) is 12.8 Å². The normalized spacial score (nSPS) is 22.8. The average Bonchev–Trinajstić information content (AvgIpc) is 2.73. The molecule has 0 bridgehead atoms. The summed E-state index contributed by atoms with van der Waals surface area (Å²) in [5, 5.41) is 3.70. The molecule has 1 unspecified atom stereocenters. The van der Waals surface area contributed by atoms with Gasteiger partial charge < -0.3 is 4.52 Å². The molecule has 16 heavy (non-hydrogen) atoms. The van der Waals surface area contributed by atoms with E-state index in [4.69, 9.17) is 4.52 Å². The molecule has 90 valence electrons. The summed E-state index contributed by atoms with van der Waals surface area (Å²) in [7, 11) is -3.43. The third-order valence-electron chi connectivity index (χ3n) is 3.03. The second kappa shape index (κ2) is 3.85. The highest BCUT2D eigenvalue weighted by atomic mass is 32.2. The Morgan fingerprint density at radius 3 is 2.56 bits per heavy atom. The molecule has 1 saturated heterocycles. The lowest BCUT2D eigenvalue weighted by atomic mass is 10.3. The van der Waals surface area contributed by atoms with Crippen LogP contribution in [0.15, 0.2) is 9.42 Å². The van der Waals surface area contributed by atoms with Gasteiger partial charge in [0.15, 0.2) is 5.76 Å². The average molecular weight is 244 g/mol. The van der Waals surface area contributed by atoms with Gasteiger partial charge in [-0.05, 0) is 33.6 Å². The van der Waals surface area contributed by atoms with Crippen LogP contribution in [0.25, 0.3) is 0 Å². The van der Waals surface area contributed by atoms with E-state index in [1.54, 1.807) is 18.2 Å². The number of nitrogens with zero attached hydrogens (tertiary/aromatic N) is 2. The largest absolute Gasteiger partial charge is 0.360 e. The summed E-state index contributed by atoms with van der Waals surface area (Å²) < 4.78 is 31.2. The van der Waals surface area contributed by atoms with E-state index in [1.165, 1.54) is 0 Å². The smallest absolute Gasteiger partial charge is 0.248 e. The molecule has 1 fully saturated rings. The zero-order chi connectivity index (χ0) is 11.9. The van der Waals surface area contributed by atoms with Crippen LogP contribution in [-0.4, -0.2) is 30.5 Å². The minimum Gasteiger partial charge on any atom is -0.360 e. The Labute approximate surface area is 95.5 Å². The van der Waals surface area contributed by atoms with Crippen molar-refractivity contribution < 1.29 is 12.9 Å². The van der Waals surface area contributed by atoms with Gasteiger partial charge in [0.05, 0.1) is 0 Å². The molecule has 0 aliphatic carbocycles. The van der Waals surface area contributed by atoms with Crippen LogP contribution in [0.5, 0.6) is 0 Å². The lowest BCUT2D eigenvalue weighted by molar-refractivity contribution is 0.387. The topological polar surface area (TPSA) is 63.4 Å². The molecule has 1 atom stereocenters. The molecule has 0 spiro atoms. The monoisotopic (exact) mass is 244 g/mol. The molecule has 0 aromatic carbocycles. The molecule has 1 aromatic heterocycles. The minimum atomic E-state index is -3.43. The minimum absolute atomic E-state index is 0.0682. The molecule has 2 rings (SSSR count). The van der Waals surface area contributed by atoms with Gasteiger partial charge in [-0.1, -0.05) is 5.16 Å². The Morgan fingerprint density at radius 2 is 2.12 bits per heavy atom. The molecule has 0 saturated carbocycles. The molecule has 0 amide bonds. The highest BCUT2D eigenvalue weighted by molar-refractivity contribution is 7.89. The predicted molar refractivity (Wildman–Crippen MR) is 58.6 cm³/mol. The SMILES string of the molecule is Cc1noc(C)c1S(=O)(=O)N1CCCC1C. The first-order valence-electron chi connectivity index (χ1n) is 5.39. The van der Waals surface area contributed by atoms with Crippen LogP contribution in [0.3, 0.4) is 0 Å². The summed E-state index contributed by atoms with van der Waals surface area (Å²) in [5.74, 6) is 0.372. The fourth-order valence-electron chi connectivity index (χ4n) is 2.22. The Hall–Kier alpha value is -0.880. The highest BCUT2D eigenvalue weighted by Crippen LogP contribution is 2.29. The van der Waals surface area contributed by atoms with Crippen molar-refractivity contribution in [1.29, 1.82) is 0 Å². The first kappa shape index (κ1) is 11.6. The van der Waals surface area contributed by atoms with E-state index in [0.29, 0.717) is 18.0 Å². The lowest BCUT2D eigenvalue weighted by Gasteiger charge is -2.20. The number of hydrogen-bond acceptors (Lipinski definition) is 4. The molecular formula is C10H16N2O3S. The maximum atomic E-state index is 12.4. The van der Waals surface area contributed by atoms with Crippen molar-refractivity contribution in [3.8, 4) is 0 Å². The van der Waals surface area contributed by atoms with E-state index in [-0.39, 0.29) is 10.9 Å². The molecule has 1 aromatic rings. The second-order valence-corrected chi connectivity index (χ2v) is 6.09. The molecule has 1 aliphatic heterocycles. The Balaban J connectivity index is 2.47. The quantitative estimate of drug-likeness (QED) is 0.790. The fraction of sp³-hybridized carbons (Fsp3) is 0.700. The fourth-order valence-corrected chi connectivity index (χ4v) is 4.22. The van der Waals surface area contributed by atoms with Crippen LogP contribution in [-0.2, 0) is 10.0 Å². The van der Waals surface area contributed by atoms with Crippen LogP contribution >= 0.6 is 0 Å². The molecule has 5 nitrogen and oxygen atoms in total. The van der Waals surface area contributed by atoms with Crippen LogP contribution < -0.4 is 0 Å². The number of aromatic nitrogens is 1. The molecule has 0 radical (unpaired) electrons. The highest BCUT2D eigenvalue weighted by Gasteiger charge is 2.36. The van der Waals surface area contributed by atoms with E-state index in [2.05, 4.69) is 5.16 Å². The van der Waals surface area contributed by atoms with Crippen molar-refractivity contribution in [2.45, 2.75) is 44.6 Å². The number of aryl methyl sites for hydroxylation is 2. The van der Waals surface area contributed by atoms with Gasteiger partial charge in [0.2, 0.25) is 10.0 Å². The summed E-state index contributed by atoms with van der Waals surface area (Å²) in [6, 6.07) is 0.0682. The summed E-state index contributed by atoms with van der Waals surface area (Å²) >= 11 is 0. The maximum Gasteiger partial charge on any atom is 0.248 e. The second-order valence-electron chi connectivity index (χ2n) is 4.26. The van der Waals surface area contributed by atoms with E-state index in [1.807, 2.05) is 6.92 Å².